The molecule has 484 valence electrons. The van der Waals surface area contributed by atoms with Crippen LogP contribution in [0.4, 0.5) is 36.2 Å². The van der Waals surface area contributed by atoms with Gasteiger partial charge in [0.1, 0.15) is 23.3 Å². The van der Waals surface area contributed by atoms with Crippen molar-refractivity contribution in [3.05, 3.63) is 181 Å². The second kappa shape index (κ2) is 31.1. The third-order valence-corrected chi connectivity index (χ3v) is 16.9. The Hall–Kier alpha value is -9.31. The van der Waals surface area contributed by atoms with Gasteiger partial charge in [-0.15, -0.1) is 0 Å². The van der Waals surface area contributed by atoms with E-state index in [0.717, 1.165) is 116 Å². The quantitative estimate of drug-likeness (QED) is 0.0996. The van der Waals surface area contributed by atoms with Crippen LogP contribution in [0.2, 0.25) is 0 Å². The van der Waals surface area contributed by atoms with Crippen molar-refractivity contribution in [2.45, 2.75) is 93.2 Å². The molecule has 3 saturated heterocycles. The van der Waals surface area contributed by atoms with Gasteiger partial charge in [-0.2, -0.15) is 0 Å². The maximum atomic E-state index is 14.4. The predicted molar refractivity (Wildman–Crippen MR) is 374 cm³/mol. The molecular weight excluding hydrogens is 1150 g/mol. The number of amides is 3. The third-order valence-electron chi connectivity index (χ3n) is 16.9. The standard InChI is InChI=1S/C26H31N3O2.C25H28FN3O2.C25H29N3O2.2H2/c1-18(2)17-31-26(30)27-21-12-14-29(15-13-21)25-23-11-7-5-9-20(23)16-24(28-25)22-10-6-4-8-19(22)3;1-17(2)16-31-25(30)27-19-11-13-29(14-12-19)24-20-8-4-3-7-18(20)15-23(28-24)21-9-5-6-10-22(21)26;1-18(2)17-30-25(29)28-14-12-27(13-15-28)24-22-11-7-5-9-20(22)16-23(26-24)21-10-6-4-8-19(21)3;;/h4-11,16,18,21H,12-15,17H2,1-3H3,(H,27,30);3-10,15,17,19H,11-14,16H2,1-2H3,(H,27,30);4-11,16,18H,12-15,17H2,1-3H3;2*1H. The highest BCUT2D eigenvalue weighted by Gasteiger charge is 2.28. The van der Waals surface area contributed by atoms with Crippen LogP contribution in [0.1, 0.15) is 81.2 Å². The van der Waals surface area contributed by atoms with Gasteiger partial charge in [-0.3, -0.25) is 0 Å². The molecule has 16 heteroatoms. The maximum absolute atomic E-state index is 14.4. The molecule has 3 aromatic heterocycles. The number of piperidine rings is 2. The SMILES string of the molecule is CC(C)COC(=O)NC1CCN(c2nc(-c3ccccc3F)cc3ccccc23)CC1.Cc1ccccc1-c1cc2ccccc2c(N2CCC(NC(=O)OCC(C)C)CC2)n1.Cc1ccccc1-c1cc2ccccc2c(N2CCN(C(=O)OCC(C)C)CC2)n1.[HH].[HH]. The Balaban J connectivity index is 0.000000179. The number of ether oxygens (including phenoxy) is 3. The normalized spacial score (nSPS) is 14.7. The van der Waals surface area contributed by atoms with Crippen LogP contribution < -0.4 is 25.3 Å². The van der Waals surface area contributed by atoms with Crippen molar-refractivity contribution in [2.24, 2.45) is 17.8 Å². The van der Waals surface area contributed by atoms with Crippen molar-refractivity contribution in [1.82, 2.24) is 30.5 Å². The van der Waals surface area contributed by atoms with Crippen molar-refractivity contribution >= 4 is 68.1 Å². The van der Waals surface area contributed by atoms with E-state index in [2.05, 4.69) is 154 Å². The number of pyridine rings is 3. The number of rotatable bonds is 14. The van der Waals surface area contributed by atoms with Gasteiger partial charge in [0.05, 0.1) is 36.9 Å². The summed E-state index contributed by atoms with van der Waals surface area (Å²) in [4.78, 5) is 60.0. The minimum Gasteiger partial charge on any atom is -0.449 e. The van der Waals surface area contributed by atoms with Gasteiger partial charge in [0, 0.05) is 100 Å². The Labute approximate surface area is 544 Å². The highest BCUT2D eigenvalue weighted by atomic mass is 19.1. The third kappa shape index (κ3) is 17.0. The Kier molecular flexibility index (Phi) is 22.2. The predicted octanol–water partition coefficient (Wildman–Crippen LogP) is 16.6. The van der Waals surface area contributed by atoms with Crippen LogP contribution >= 0.6 is 0 Å². The molecule has 0 bridgehead atoms. The Bertz CT molecular complexity index is 3810. The number of carbonyl (C=O) groups excluding carboxylic acids is 3. The van der Waals surface area contributed by atoms with Gasteiger partial charge in [-0.05, 0) is 115 Å². The van der Waals surface area contributed by atoms with Crippen molar-refractivity contribution in [3.63, 3.8) is 0 Å². The van der Waals surface area contributed by atoms with E-state index in [-0.39, 0.29) is 39.0 Å². The molecule has 12 rings (SSSR count). The van der Waals surface area contributed by atoms with Gasteiger partial charge in [-0.25, -0.2) is 33.7 Å². The molecule has 92 heavy (non-hydrogen) atoms. The van der Waals surface area contributed by atoms with Crippen LogP contribution in [0.25, 0.3) is 66.1 Å². The second-order valence-electron chi connectivity index (χ2n) is 25.5. The van der Waals surface area contributed by atoms with E-state index in [1.54, 1.807) is 17.0 Å². The van der Waals surface area contributed by atoms with Gasteiger partial charge in [0.2, 0.25) is 0 Å². The lowest BCUT2D eigenvalue weighted by Gasteiger charge is -2.35. The zero-order valence-corrected chi connectivity index (χ0v) is 54.5. The second-order valence-corrected chi connectivity index (χ2v) is 25.5. The number of nitrogens with zero attached hydrogens (tertiary/aromatic N) is 7. The van der Waals surface area contributed by atoms with Crippen LogP contribution in [-0.4, -0.2) is 122 Å². The summed E-state index contributed by atoms with van der Waals surface area (Å²) in [5, 5.41) is 12.8. The topological polar surface area (TPSA) is 155 Å². The van der Waals surface area contributed by atoms with E-state index in [4.69, 9.17) is 29.2 Å². The molecule has 6 aromatic carbocycles. The monoisotopic (exact) mass is 1250 g/mol. The van der Waals surface area contributed by atoms with Gasteiger partial charge in [-0.1, -0.05) is 175 Å². The molecule has 0 radical (unpaired) electrons. The van der Waals surface area contributed by atoms with Gasteiger partial charge < -0.3 is 44.4 Å². The number of nitrogens with one attached hydrogen (secondary N) is 2. The highest BCUT2D eigenvalue weighted by Crippen LogP contribution is 2.36. The van der Waals surface area contributed by atoms with Crippen molar-refractivity contribution in [1.29, 1.82) is 0 Å². The molecule has 0 atom stereocenters. The van der Waals surface area contributed by atoms with E-state index >= 15 is 0 Å². The Morgan fingerprint density at radius 2 is 0.772 bits per heavy atom. The number of aryl methyl sites for hydroxylation is 2. The number of hydrogen-bond donors (Lipinski definition) is 2. The number of carbonyl (C=O) groups is 3. The van der Waals surface area contributed by atoms with Crippen molar-refractivity contribution in [2.75, 3.05) is 86.9 Å². The van der Waals surface area contributed by atoms with Crippen molar-refractivity contribution in [3.8, 4) is 33.8 Å². The first-order valence-electron chi connectivity index (χ1n) is 32.6. The van der Waals surface area contributed by atoms with Crippen molar-refractivity contribution < 1.29 is 35.8 Å². The average molecular weight is 1250 g/mol. The number of benzene rings is 6. The van der Waals surface area contributed by atoms with E-state index in [0.29, 0.717) is 61.9 Å². The molecule has 6 heterocycles. The lowest BCUT2D eigenvalue weighted by molar-refractivity contribution is 0.0901. The molecule has 0 saturated carbocycles. The number of fused-ring (bicyclic) bond motifs is 3. The molecule has 0 spiro atoms. The van der Waals surface area contributed by atoms with Gasteiger partial charge in [0.15, 0.2) is 0 Å². The fourth-order valence-corrected chi connectivity index (χ4v) is 11.9. The molecule has 15 nitrogen and oxygen atoms in total. The zero-order chi connectivity index (χ0) is 64.7. The number of aromatic nitrogens is 3. The van der Waals surface area contributed by atoms with Crippen LogP contribution in [-0.2, 0) is 14.2 Å². The smallest absolute Gasteiger partial charge is 0.409 e. The Morgan fingerprint density at radius 1 is 0.446 bits per heavy atom. The molecule has 0 unspecified atom stereocenters. The summed E-state index contributed by atoms with van der Waals surface area (Å²) in [5.41, 5.74) is 7.87. The number of alkyl carbamates (subject to hydrolysis) is 2. The largest absolute Gasteiger partial charge is 0.449 e. The first-order chi connectivity index (χ1) is 44.5. The number of piperazine rings is 1. The highest BCUT2D eigenvalue weighted by molar-refractivity contribution is 5.97. The lowest BCUT2D eigenvalue weighted by Crippen LogP contribution is -2.49. The van der Waals surface area contributed by atoms with E-state index < -0.39 is 0 Å². The molecule has 0 aliphatic carbocycles. The Morgan fingerprint density at radius 3 is 1.15 bits per heavy atom. The number of anilines is 3. The summed E-state index contributed by atoms with van der Waals surface area (Å²) < 4.78 is 30.3. The summed E-state index contributed by atoms with van der Waals surface area (Å²) in [6.07, 6.45) is 2.49. The summed E-state index contributed by atoms with van der Waals surface area (Å²) >= 11 is 0. The number of halogens is 1. The molecule has 3 amide bonds. The van der Waals surface area contributed by atoms with Crippen LogP contribution in [0.3, 0.4) is 0 Å². The molecular formula is C76H92FN9O6. The molecule has 3 fully saturated rings. The first kappa shape index (κ1) is 65.6. The molecule has 2 N–H and O–H groups in total. The van der Waals surface area contributed by atoms with E-state index in [1.807, 2.05) is 71.9 Å². The lowest BCUT2D eigenvalue weighted by atomic mass is 10.0. The van der Waals surface area contributed by atoms with E-state index in [9.17, 15) is 18.8 Å². The molecule has 3 aliphatic rings. The summed E-state index contributed by atoms with van der Waals surface area (Å²) in [6.45, 7) is 23.7. The average Bonchev–Trinajstić information content (AvgIpc) is 0.799. The zero-order valence-electron chi connectivity index (χ0n) is 54.5. The fourth-order valence-electron chi connectivity index (χ4n) is 11.9. The van der Waals surface area contributed by atoms with Crippen LogP contribution in [0.5, 0.6) is 0 Å². The minimum absolute atomic E-state index is 0. The van der Waals surface area contributed by atoms with E-state index in [1.165, 1.54) is 38.9 Å². The van der Waals surface area contributed by atoms with Gasteiger partial charge in [0.25, 0.3) is 0 Å². The summed E-state index contributed by atoms with van der Waals surface area (Å²) in [5.74, 6) is 3.59. The molecule has 3 aliphatic heterocycles. The fraction of sp³-hybridized carbons (Fsp3) is 0.368. The van der Waals surface area contributed by atoms with Crippen LogP contribution in [0, 0.1) is 37.4 Å². The first-order valence-corrected chi connectivity index (χ1v) is 32.6. The minimum atomic E-state index is -0.350. The number of hydrogen-bond acceptors (Lipinski definition) is 12. The molecule has 9 aromatic rings. The van der Waals surface area contributed by atoms with Gasteiger partial charge >= 0.3 is 18.3 Å². The summed E-state index contributed by atoms with van der Waals surface area (Å²) in [6, 6.07) is 54.9. The maximum Gasteiger partial charge on any atom is 0.409 e. The summed E-state index contributed by atoms with van der Waals surface area (Å²) in [7, 11) is 0. The van der Waals surface area contributed by atoms with Crippen LogP contribution in [0.15, 0.2) is 164 Å².